The van der Waals surface area contributed by atoms with E-state index in [4.69, 9.17) is 0 Å². The molecule has 1 aromatic rings. The van der Waals surface area contributed by atoms with Gasteiger partial charge in [0, 0.05) is 16.6 Å². The Kier molecular flexibility index (Phi) is 7.03. The Balaban J connectivity index is 2.41. The fourth-order valence-electron chi connectivity index (χ4n) is 1.39. The molecule has 0 bridgehead atoms. The molecule has 17 heavy (non-hydrogen) atoms. The summed E-state index contributed by atoms with van der Waals surface area (Å²) in [5, 5.41) is 2.78. The number of carbonyl (C=O) groups is 1. The van der Waals surface area contributed by atoms with Crippen LogP contribution in [0.15, 0.2) is 22.7 Å². The van der Waals surface area contributed by atoms with Gasteiger partial charge in [0.1, 0.15) is 5.82 Å². The molecule has 94 valence electrons. The zero-order valence-electron chi connectivity index (χ0n) is 9.31. The van der Waals surface area contributed by atoms with Gasteiger partial charge < -0.3 is 5.32 Å². The number of carbonyl (C=O) groups excluding carboxylic acids is 1. The van der Waals surface area contributed by atoms with Crippen LogP contribution in [0.4, 0.5) is 4.39 Å². The summed E-state index contributed by atoms with van der Waals surface area (Å²) >= 11 is 5.50. The first kappa shape index (κ1) is 14.9. The van der Waals surface area contributed by atoms with Crippen LogP contribution in [0.1, 0.15) is 29.6 Å². The molecule has 1 amide bonds. The van der Waals surface area contributed by atoms with Crippen LogP contribution in [0.2, 0.25) is 0 Å². The van der Waals surface area contributed by atoms with E-state index in [1.165, 1.54) is 18.6 Å². The van der Waals surface area contributed by atoms with Crippen LogP contribution in [0.3, 0.4) is 0 Å². The van der Waals surface area contributed by atoms with Crippen molar-refractivity contribution < 1.29 is 9.18 Å². The van der Waals surface area contributed by atoms with Crippen molar-refractivity contribution in [2.45, 2.75) is 19.3 Å². The van der Waals surface area contributed by atoms with Crippen molar-refractivity contribution in [1.29, 1.82) is 0 Å². The number of amides is 1. The summed E-state index contributed by atoms with van der Waals surface area (Å²) in [4.78, 5) is 11.7. The zero-order chi connectivity index (χ0) is 12.7. The maximum atomic E-state index is 13.1. The number of alkyl halides is 1. The molecule has 0 aromatic heterocycles. The number of nitrogens with one attached hydrogen (secondary N) is 1. The molecule has 1 aromatic carbocycles. The van der Waals surface area contributed by atoms with Gasteiger partial charge in [-0.05, 0) is 35.5 Å². The first-order valence-corrected chi connectivity index (χ1v) is 7.75. The lowest BCUT2D eigenvalue weighted by Crippen LogP contribution is -2.24. The van der Waals surface area contributed by atoms with Crippen molar-refractivity contribution in [2.75, 3.05) is 11.0 Å². The number of rotatable bonds is 6. The summed E-state index contributed by atoms with van der Waals surface area (Å²) < 4.78 is 14.8. The van der Waals surface area contributed by atoms with Crippen LogP contribution < -0.4 is 5.32 Å². The Bertz CT molecular complexity index is 367. The van der Waals surface area contributed by atoms with Gasteiger partial charge in [-0.15, -0.1) is 0 Å². The normalized spacial score (nSPS) is 10.3. The van der Waals surface area contributed by atoms with Crippen molar-refractivity contribution in [2.24, 2.45) is 0 Å². The highest BCUT2D eigenvalue weighted by Crippen LogP contribution is 2.14. The molecule has 0 saturated carbocycles. The Morgan fingerprint density at radius 3 is 2.71 bits per heavy atom. The highest BCUT2D eigenvalue weighted by Gasteiger charge is 2.07. The Morgan fingerprint density at radius 2 is 2.06 bits per heavy atom. The van der Waals surface area contributed by atoms with E-state index in [1.807, 2.05) is 0 Å². The highest BCUT2D eigenvalue weighted by atomic mass is 127. The van der Waals surface area contributed by atoms with Gasteiger partial charge in [0.2, 0.25) is 0 Å². The van der Waals surface area contributed by atoms with Gasteiger partial charge >= 0.3 is 0 Å². The van der Waals surface area contributed by atoms with E-state index in [2.05, 4.69) is 43.8 Å². The number of halogens is 3. The molecule has 1 N–H and O–H groups in total. The first-order valence-electron chi connectivity index (χ1n) is 5.43. The highest BCUT2D eigenvalue weighted by molar-refractivity contribution is 14.1. The first-order chi connectivity index (χ1) is 8.13. The van der Waals surface area contributed by atoms with E-state index >= 15 is 0 Å². The lowest BCUT2D eigenvalue weighted by Gasteiger charge is -2.05. The average molecular weight is 414 g/mol. The lowest BCUT2D eigenvalue weighted by atomic mass is 10.2. The van der Waals surface area contributed by atoms with Gasteiger partial charge in [0.25, 0.3) is 5.91 Å². The predicted octanol–water partition coefficient (Wildman–Crippen LogP) is 3.92. The van der Waals surface area contributed by atoms with Gasteiger partial charge in [0.05, 0.1) is 0 Å². The Labute approximate surface area is 123 Å². The summed E-state index contributed by atoms with van der Waals surface area (Å²) in [7, 11) is 0. The summed E-state index contributed by atoms with van der Waals surface area (Å²) in [5.74, 6) is -0.630. The molecular weight excluding hydrogens is 400 g/mol. The third-order valence-corrected chi connectivity index (χ3v) is 3.44. The standard InChI is InChI=1S/C12H14BrFINO/c13-10-6-9(7-11(14)8-10)12(17)16-5-3-1-2-4-15/h6-8H,1-5H2,(H,16,17). The number of unbranched alkanes of at least 4 members (excludes halogenated alkanes) is 2. The summed E-state index contributed by atoms with van der Waals surface area (Å²) in [6.45, 7) is 0.642. The van der Waals surface area contributed by atoms with Crippen LogP contribution >= 0.6 is 38.5 Å². The van der Waals surface area contributed by atoms with Gasteiger partial charge in [-0.25, -0.2) is 4.39 Å². The quantitative estimate of drug-likeness (QED) is 0.427. The second-order valence-electron chi connectivity index (χ2n) is 3.66. The molecule has 2 nitrogen and oxygen atoms in total. The SMILES string of the molecule is O=C(NCCCCCI)c1cc(F)cc(Br)c1. The fraction of sp³-hybridized carbons (Fsp3) is 0.417. The maximum Gasteiger partial charge on any atom is 0.251 e. The van der Waals surface area contributed by atoms with E-state index in [1.54, 1.807) is 6.07 Å². The molecule has 0 aliphatic heterocycles. The van der Waals surface area contributed by atoms with Crippen LogP contribution in [0, 0.1) is 5.82 Å². The van der Waals surface area contributed by atoms with E-state index in [0.29, 0.717) is 16.6 Å². The monoisotopic (exact) mass is 413 g/mol. The second kappa shape index (κ2) is 8.02. The van der Waals surface area contributed by atoms with Crippen LogP contribution in [0.25, 0.3) is 0 Å². The molecule has 0 fully saturated rings. The average Bonchev–Trinajstić information content (AvgIpc) is 2.27. The molecule has 0 heterocycles. The van der Waals surface area contributed by atoms with Gasteiger partial charge in [0.15, 0.2) is 0 Å². The number of hydrogen-bond donors (Lipinski definition) is 1. The minimum Gasteiger partial charge on any atom is -0.352 e. The largest absolute Gasteiger partial charge is 0.352 e. The minimum atomic E-state index is -0.408. The molecule has 0 saturated heterocycles. The Morgan fingerprint density at radius 1 is 1.29 bits per heavy atom. The molecule has 5 heteroatoms. The molecule has 0 spiro atoms. The van der Waals surface area contributed by atoms with Crippen molar-refractivity contribution >= 4 is 44.4 Å². The molecular formula is C12H14BrFINO. The summed E-state index contributed by atoms with van der Waals surface area (Å²) in [6, 6.07) is 4.19. The number of hydrogen-bond acceptors (Lipinski definition) is 1. The molecule has 1 rings (SSSR count). The lowest BCUT2D eigenvalue weighted by molar-refractivity contribution is 0.0952. The van der Waals surface area contributed by atoms with Crippen LogP contribution in [-0.4, -0.2) is 16.9 Å². The Hall–Kier alpha value is -0.170. The molecule has 0 unspecified atom stereocenters. The van der Waals surface area contributed by atoms with Crippen molar-refractivity contribution in [3.8, 4) is 0 Å². The molecule has 0 aliphatic rings. The van der Waals surface area contributed by atoms with Gasteiger partial charge in [-0.3, -0.25) is 4.79 Å². The minimum absolute atomic E-state index is 0.223. The molecule has 0 aliphatic carbocycles. The molecule has 0 atom stereocenters. The number of benzene rings is 1. The smallest absolute Gasteiger partial charge is 0.251 e. The second-order valence-corrected chi connectivity index (χ2v) is 5.66. The van der Waals surface area contributed by atoms with Crippen LogP contribution in [0.5, 0.6) is 0 Å². The third-order valence-electron chi connectivity index (χ3n) is 2.22. The van der Waals surface area contributed by atoms with Crippen molar-refractivity contribution in [3.63, 3.8) is 0 Å². The van der Waals surface area contributed by atoms with Crippen LogP contribution in [-0.2, 0) is 0 Å². The van der Waals surface area contributed by atoms with Gasteiger partial charge in [-0.2, -0.15) is 0 Å². The van der Waals surface area contributed by atoms with Crippen molar-refractivity contribution in [3.05, 3.63) is 34.1 Å². The topological polar surface area (TPSA) is 29.1 Å². The van der Waals surface area contributed by atoms with Crippen molar-refractivity contribution in [1.82, 2.24) is 5.32 Å². The zero-order valence-corrected chi connectivity index (χ0v) is 13.1. The fourth-order valence-corrected chi connectivity index (χ4v) is 2.39. The summed E-state index contributed by atoms with van der Waals surface area (Å²) in [5.41, 5.74) is 0.353. The van der Waals surface area contributed by atoms with E-state index in [9.17, 15) is 9.18 Å². The van der Waals surface area contributed by atoms with E-state index < -0.39 is 5.82 Å². The van der Waals surface area contributed by atoms with E-state index in [0.717, 1.165) is 17.3 Å². The third kappa shape index (κ3) is 5.81. The molecule has 0 radical (unpaired) electrons. The maximum absolute atomic E-state index is 13.1. The summed E-state index contributed by atoms with van der Waals surface area (Å²) in [6.07, 6.45) is 3.24. The van der Waals surface area contributed by atoms with E-state index in [-0.39, 0.29) is 5.91 Å². The predicted molar refractivity (Wildman–Crippen MR) is 79.2 cm³/mol. The van der Waals surface area contributed by atoms with Gasteiger partial charge in [-0.1, -0.05) is 44.9 Å².